The van der Waals surface area contributed by atoms with Crippen LogP contribution in [0.15, 0.2) is 30.3 Å². The van der Waals surface area contributed by atoms with Gasteiger partial charge in [0.25, 0.3) is 0 Å². The van der Waals surface area contributed by atoms with E-state index in [0.717, 1.165) is 5.56 Å². The van der Waals surface area contributed by atoms with Crippen molar-refractivity contribution in [3.63, 3.8) is 0 Å². The number of carbonyl (C=O) groups is 1. The number of nitriles is 1. The molecule has 1 aromatic carbocycles. The highest BCUT2D eigenvalue weighted by Crippen LogP contribution is 2.19. The molecule has 0 N–H and O–H groups in total. The fourth-order valence-corrected chi connectivity index (χ4v) is 1.28. The summed E-state index contributed by atoms with van der Waals surface area (Å²) in [6.45, 7) is 3.63. The van der Waals surface area contributed by atoms with E-state index in [1.54, 1.807) is 0 Å². The largest absolute Gasteiger partial charge is 0.298 e. The van der Waals surface area contributed by atoms with Crippen LogP contribution in [0.3, 0.4) is 0 Å². The summed E-state index contributed by atoms with van der Waals surface area (Å²) in [5.74, 6) is -0.727. The number of hydrogen-bond acceptors (Lipinski definition) is 2. The van der Waals surface area contributed by atoms with Crippen molar-refractivity contribution >= 4 is 5.78 Å². The van der Waals surface area contributed by atoms with Crippen molar-refractivity contribution in [2.45, 2.75) is 19.8 Å². The van der Waals surface area contributed by atoms with E-state index < -0.39 is 5.92 Å². The molecule has 0 fully saturated rings. The van der Waals surface area contributed by atoms with E-state index in [2.05, 4.69) is 0 Å². The Morgan fingerprint density at radius 2 is 1.86 bits per heavy atom. The quantitative estimate of drug-likeness (QED) is 0.729. The molecule has 0 aliphatic heterocycles. The average molecular weight is 187 g/mol. The fourth-order valence-electron chi connectivity index (χ4n) is 1.28. The first-order valence-corrected chi connectivity index (χ1v) is 4.65. The molecule has 0 spiro atoms. The summed E-state index contributed by atoms with van der Waals surface area (Å²) in [5.41, 5.74) is 0.786. The third-order valence-corrected chi connectivity index (χ3v) is 2.12. The Labute approximate surface area is 84.2 Å². The molecule has 1 atom stereocenters. The van der Waals surface area contributed by atoms with Gasteiger partial charge in [0.1, 0.15) is 5.92 Å². The lowest BCUT2D eigenvalue weighted by molar-refractivity contribution is -0.122. The molecule has 0 heterocycles. The maximum Gasteiger partial charge on any atom is 0.156 e. The van der Waals surface area contributed by atoms with Crippen molar-refractivity contribution in [3.05, 3.63) is 35.9 Å². The van der Waals surface area contributed by atoms with Crippen LogP contribution in [0, 0.1) is 17.2 Å². The molecule has 0 saturated heterocycles. The molecular formula is C12H13NO. The highest BCUT2D eigenvalue weighted by atomic mass is 16.1. The highest BCUT2D eigenvalue weighted by molar-refractivity contribution is 5.89. The zero-order valence-corrected chi connectivity index (χ0v) is 8.40. The molecule has 0 bridgehead atoms. The second-order valence-corrected chi connectivity index (χ2v) is 3.53. The fraction of sp³-hybridized carbons (Fsp3) is 0.333. The van der Waals surface area contributed by atoms with Gasteiger partial charge in [0.2, 0.25) is 0 Å². The third kappa shape index (κ3) is 2.20. The van der Waals surface area contributed by atoms with Crippen molar-refractivity contribution in [3.8, 4) is 6.07 Å². The first kappa shape index (κ1) is 10.5. The molecule has 2 heteroatoms. The predicted molar refractivity (Wildman–Crippen MR) is 54.6 cm³/mol. The van der Waals surface area contributed by atoms with Gasteiger partial charge in [-0.1, -0.05) is 44.2 Å². The summed E-state index contributed by atoms with van der Waals surface area (Å²) >= 11 is 0. The van der Waals surface area contributed by atoms with E-state index in [9.17, 15) is 4.79 Å². The van der Waals surface area contributed by atoms with Crippen LogP contribution in [0.4, 0.5) is 0 Å². The first-order valence-electron chi connectivity index (χ1n) is 4.65. The van der Waals surface area contributed by atoms with Gasteiger partial charge in [-0.15, -0.1) is 0 Å². The van der Waals surface area contributed by atoms with Gasteiger partial charge >= 0.3 is 0 Å². The molecule has 72 valence electrons. The number of carbonyl (C=O) groups excluding carboxylic acids is 1. The van der Waals surface area contributed by atoms with Crippen molar-refractivity contribution in [1.29, 1.82) is 5.26 Å². The smallest absolute Gasteiger partial charge is 0.156 e. The second kappa shape index (κ2) is 4.57. The zero-order valence-electron chi connectivity index (χ0n) is 8.40. The minimum atomic E-state index is -0.615. The van der Waals surface area contributed by atoms with Crippen LogP contribution in [-0.2, 0) is 4.79 Å². The van der Waals surface area contributed by atoms with E-state index in [4.69, 9.17) is 5.26 Å². The second-order valence-electron chi connectivity index (χ2n) is 3.53. The summed E-state index contributed by atoms with van der Waals surface area (Å²) in [5, 5.41) is 8.93. The Kier molecular flexibility index (Phi) is 3.41. The standard InChI is InChI=1S/C12H13NO/c1-9(2)12(14)11(8-13)10-6-4-3-5-7-10/h3-7,9,11H,1-2H3/t11-/m0/s1. The summed E-state index contributed by atoms with van der Waals surface area (Å²) in [6.07, 6.45) is 0. The molecule has 0 aliphatic rings. The molecule has 0 unspecified atom stereocenters. The van der Waals surface area contributed by atoms with Crippen LogP contribution >= 0.6 is 0 Å². The van der Waals surface area contributed by atoms with Gasteiger partial charge in [-0.05, 0) is 5.56 Å². The van der Waals surface area contributed by atoms with Gasteiger partial charge in [0.05, 0.1) is 6.07 Å². The minimum absolute atomic E-state index is 0.0151. The molecule has 2 nitrogen and oxygen atoms in total. The monoisotopic (exact) mass is 187 g/mol. The van der Waals surface area contributed by atoms with E-state index in [1.807, 2.05) is 50.2 Å². The Morgan fingerprint density at radius 3 is 2.29 bits per heavy atom. The Hall–Kier alpha value is -1.62. The Morgan fingerprint density at radius 1 is 1.29 bits per heavy atom. The van der Waals surface area contributed by atoms with E-state index >= 15 is 0 Å². The third-order valence-electron chi connectivity index (χ3n) is 2.12. The van der Waals surface area contributed by atoms with Gasteiger partial charge in [0.15, 0.2) is 5.78 Å². The van der Waals surface area contributed by atoms with Gasteiger partial charge in [0, 0.05) is 5.92 Å². The van der Waals surface area contributed by atoms with Crippen molar-refractivity contribution < 1.29 is 4.79 Å². The number of nitrogens with zero attached hydrogens (tertiary/aromatic N) is 1. The summed E-state index contributed by atoms with van der Waals surface area (Å²) in [6, 6.07) is 11.2. The van der Waals surface area contributed by atoms with Crippen LogP contribution in [0.1, 0.15) is 25.3 Å². The van der Waals surface area contributed by atoms with Crippen LogP contribution in [-0.4, -0.2) is 5.78 Å². The highest BCUT2D eigenvalue weighted by Gasteiger charge is 2.21. The van der Waals surface area contributed by atoms with Gasteiger partial charge in [-0.2, -0.15) is 5.26 Å². The van der Waals surface area contributed by atoms with Crippen molar-refractivity contribution in [1.82, 2.24) is 0 Å². The zero-order chi connectivity index (χ0) is 10.6. The summed E-state index contributed by atoms with van der Waals surface area (Å²) in [4.78, 5) is 11.7. The molecule has 14 heavy (non-hydrogen) atoms. The Balaban J connectivity index is 2.96. The maximum absolute atomic E-state index is 11.7. The van der Waals surface area contributed by atoms with Gasteiger partial charge in [-0.25, -0.2) is 0 Å². The van der Waals surface area contributed by atoms with Crippen LogP contribution in [0.2, 0.25) is 0 Å². The van der Waals surface area contributed by atoms with Gasteiger partial charge in [-0.3, -0.25) is 4.79 Å². The molecular weight excluding hydrogens is 174 g/mol. The number of Topliss-reactive ketones (excluding diaryl/α,β-unsaturated/α-hetero) is 1. The summed E-state index contributed by atoms with van der Waals surface area (Å²) in [7, 11) is 0. The SMILES string of the molecule is CC(C)C(=O)[C@@H](C#N)c1ccccc1. The molecule has 0 radical (unpaired) electrons. The van der Waals surface area contributed by atoms with E-state index in [0.29, 0.717) is 0 Å². The number of hydrogen-bond donors (Lipinski definition) is 0. The lowest BCUT2D eigenvalue weighted by Crippen LogP contribution is -2.16. The van der Waals surface area contributed by atoms with E-state index in [-0.39, 0.29) is 11.7 Å². The maximum atomic E-state index is 11.7. The topological polar surface area (TPSA) is 40.9 Å². The molecule has 0 aliphatic carbocycles. The molecule has 0 saturated carbocycles. The van der Waals surface area contributed by atoms with Gasteiger partial charge < -0.3 is 0 Å². The normalized spacial score (nSPS) is 12.1. The minimum Gasteiger partial charge on any atom is -0.298 e. The molecule has 0 amide bonds. The van der Waals surface area contributed by atoms with Crippen LogP contribution in [0.25, 0.3) is 0 Å². The number of rotatable bonds is 3. The first-order chi connectivity index (χ1) is 6.66. The Bertz CT molecular complexity index is 348. The molecule has 1 aromatic rings. The van der Waals surface area contributed by atoms with Crippen LogP contribution < -0.4 is 0 Å². The average Bonchev–Trinajstić information content (AvgIpc) is 2.20. The number of benzene rings is 1. The van der Waals surface area contributed by atoms with E-state index in [1.165, 1.54) is 0 Å². The van der Waals surface area contributed by atoms with Crippen LogP contribution in [0.5, 0.6) is 0 Å². The number of ketones is 1. The lowest BCUT2D eigenvalue weighted by Gasteiger charge is -2.10. The van der Waals surface area contributed by atoms with Crippen molar-refractivity contribution in [2.24, 2.45) is 5.92 Å². The lowest BCUT2D eigenvalue weighted by atomic mass is 9.90. The predicted octanol–water partition coefficient (Wildman–Crippen LogP) is 2.52. The molecule has 1 rings (SSSR count). The molecule has 0 aromatic heterocycles. The summed E-state index contributed by atoms with van der Waals surface area (Å²) < 4.78 is 0. The van der Waals surface area contributed by atoms with Crippen molar-refractivity contribution in [2.75, 3.05) is 0 Å².